The van der Waals surface area contributed by atoms with Crippen molar-refractivity contribution in [2.75, 3.05) is 40.9 Å². The van der Waals surface area contributed by atoms with Gasteiger partial charge in [0.1, 0.15) is 18.1 Å². The standard InChI is InChI=1S/C22H29F3N4O2/c1-26-21(27-14-17-8-10-19(11-9-17)31-16-22(23,24)25)28-15-18-6-4-5-7-20(18)30-13-12-29(2)3/h4-11H,12-16H2,1-3H3,(H2,26,27,28). The van der Waals surface area contributed by atoms with Crippen LogP contribution in [0.1, 0.15) is 11.1 Å². The van der Waals surface area contributed by atoms with Crippen molar-refractivity contribution >= 4 is 5.96 Å². The average Bonchev–Trinajstić information content (AvgIpc) is 2.73. The SMILES string of the molecule is CN=C(NCc1ccc(OCC(F)(F)F)cc1)NCc1ccccc1OCCN(C)C. The number of alkyl halides is 3. The summed E-state index contributed by atoms with van der Waals surface area (Å²) in [4.78, 5) is 6.26. The van der Waals surface area contributed by atoms with Crippen molar-refractivity contribution in [1.29, 1.82) is 0 Å². The predicted molar refractivity (Wildman–Crippen MR) is 116 cm³/mol. The topological polar surface area (TPSA) is 58.1 Å². The number of nitrogens with one attached hydrogen (secondary N) is 2. The summed E-state index contributed by atoms with van der Waals surface area (Å²) in [5.41, 5.74) is 1.89. The fourth-order valence-corrected chi connectivity index (χ4v) is 2.58. The van der Waals surface area contributed by atoms with Gasteiger partial charge in [-0.2, -0.15) is 13.2 Å². The Hall–Kier alpha value is -2.94. The maximum atomic E-state index is 12.2. The van der Waals surface area contributed by atoms with Gasteiger partial charge in [-0.25, -0.2) is 0 Å². The number of rotatable bonds is 10. The predicted octanol–water partition coefficient (Wildman–Crippen LogP) is 3.43. The summed E-state index contributed by atoms with van der Waals surface area (Å²) in [7, 11) is 5.66. The zero-order valence-corrected chi connectivity index (χ0v) is 18.0. The molecule has 0 aliphatic heterocycles. The molecular weight excluding hydrogens is 409 g/mol. The first-order valence-electron chi connectivity index (χ1n) is 9.85. The first kappa shape index (κ1) is 24.3. The minimum atomic E-state index is -4.35. The number of nitrogens with zero attached hydrogens (tertiary/aromatic N) is 2. The fourth-order valence-electron chi connectivity index (χ4n) is 2.58. The van der Waals surface area contributed by atoms with Crippen molar-refractivity contribution in [2.24, 2.45) is 4.99 Å². The number of para-hydroxylation sites is 1. The number of ether oxygens (including phenoxy) is 2. The number of hydrogen-bond donors (Lipinski definition) is 2. The van der Waals surface area contributed by atoms with Crippen LogP contribution in [0.15, 0.2) is 53.5 Å². The number of benzene rings is 2. The van der Waals surface area contributed by atoms with Crippen LogP contribution in [0.25, 0.3) is 0 Å². The summed E-state index contributed by atoms with van der Waals surface area (Å²) in [5, 5.41) is 6.42. The van der Waals surface area contributed by atoms with Crippen LogP contribution < -0.4 is 20.1 Å². The van der Waals surface area contributed by atoms with Gasteiger partial charge in [-0.05, 0) is 37.9 Å². The molecule has 0 saturated heterocycles. The highest BCUT2D eigenvalue weighted by atomic mass is 19.4. The second-order valence-corrected chi connectivity index (χ2v) is 7.09. The molecule has 31 heavy (non-hydrogen) atoms. The Morgan fingerprint density at radius 1 is 0.968 bits per heavy atom. The van der Waals surface area contributed by atoms with E-state index in [0.29, 0.717) is 25.7 Å². The number of halogens is 3. The van der Waals surface area contributed by atoms with Gasteiger partial charge in [0.2, 0.25) is 0 Å². The summed E-state index contributed by atoms with van der Waals surface area (Å²) in [6.45, 7) is 1.11. The van der Waals surface area contributed by atoms with E-state index in [0.717, 1.165) is 23.4 Å². The van der Waals surface area contributed by atoms with Crippen molar-refractivity contribution < 1.29 is 22.6 Å². The molecule has 0 radical (unpaired) electrons. The van der Waals surface area contributed by atoms with Crippen LogP contribution in [0.3, 0.4) is 0 Å². The van der Waals surface area contributed by atoms with E-state index in [1.165, 1.54) is 12.1 Å². The maximum absolute atomic E-state index is 12.2. The molecule has 9 heteroatoms. The Kier molecular flexibility index (Phi) is 9.45. The molecule has 0 aliphatic carbocycles. The highest BCUT2D eigenvalue weighted by Crippen LogP contribution is 2.19. The molecule has 0 saturated carbocycles. The van der Waals surface area contributed by atoms with E-state index in [4.69, 9.17) is 9.47 Å². The van der Waals surface area contributed by atoms with E-state index >= 15 is 0 Å². The molecule has 0 aliphatic rings. The number of aliphatic imine (C=N–C) groups is 1. The van der Waals surface area contributed by atoms with Crippen molar-refractivity contribution in [3.8, 4) is 11.5 Å². The second kappa shape index (κ2) is 12.0. The molecule has 0 amide bonds. The van der Waals surface area contributed by atoms with Crippen LogP contribution in [0.5, 0.6) is 11.5 Å². The van der Waals surface area contributed by atoms with Gasteiger partial charge in [0.05, 0.1) is 0 Å². The van der Waals surface area contributed by atoms with Crippen molar-refractivity contribution in [1.82, 2.24) is 15.5 Å². The molecule has 170 valence electrons. The van der Waals surface area contributed by atoms with Crippen LogP contribution in [0.2, 0.25) is 0 Å². The van der Waals surface area contributed by atoms with Gasteiger partial charge in [0.15, 0.2) is 12.6 Å². The van der Waals surface area contributed by atoms with Crippen LogP contribution in [0.4, 0.5) is 13.2 Å². The lowest BCUT2D eigenvalue weighted by Gasteiger charge is -2.16. The summed E-state index contributed by atoms with van der Waals surface area (Å²) < 4.78 is 47.2. The van der Waals surface area contributed by atoms with Gasteiger partial charge in [-0.15, -0.1) is 0 Å². The third kappa shape index (κ3) is 9.61. The van der Waals surface area contributed by atoms with E-state index < -0.39 is 12.8 Å². The van der Waals surface area contributed by atoms with Gasteiger partial charge < -0.3 is 25.0 Å². The average molecular weight is 438 g/mol. The fraction of sp³-hybridized carbons (Fsp3) is 0.409. The van der Waals surface area contributed by atoms with Crippen LogP contribution >= 0.6 is 0 Å². The van der Waals surface area contributed by atoms with Gasteiger partial charge in [0.25, 0.3) is 0 Å². The minimum Gasteiger partial charge on any atom is -0.492 e. The van der Waals surface area contributed by atoms with Crippen LogP contribution in [-0.4, -0.2) is 57.9 Å². The molecule has 0 bridgehead atoms. The Bertz CT molecular complexity index is 824. The Balaban J connectivity index is 1.83. The molecule has 2 aromatic rings. The molecular formula is C22H29F3N4O2. The summed E-state index contributed by atoms with van der Waals surface area (Å²) >= 11 is 0. The van der Waals surface area contributed by atoms with E-state index in [1.807, 2.05) is 38.4 Å². The largest absolute Gasteiger partial charge is 0.492 e. The molecule has 6 nitrogen and oxygen atoms in total. The smallest absolute Gasteiger partial charge is 0.422 e. The monoisotopic (exact) mass is 438 g/mol. The minimum absolute atomic E-state index is 0.175. The van der Waals surface area contributed by atoms with Crippen molar-refractivity contribution in [3.63, 3.8) is 0 Å². The maximum Gasteiger partial charge on any atom is 0.422 e. The molecule has 0 heterocycles. The zero-order chi connectivity index (χ0) is 22.7. The first-order valence-corrected chi connectivity index (χ1v) is 9.85. The molecule has 0 atom stereocenters. The zero-order valence-electron chi connectivity index (χ0n) is 18.0. The third-order valence-corrected chi connectivity index (χ3v) is 4.22. The quantitative estimate of drug-likeness (QED) is 0.440. The molecule has 0 fully saturated rings. The lowest BCUT2D eigenvalue weighted by molar-refractivity contribution is -0.153. The second-order valence-electron chi connectivity index (χ2n) is 7.09. The lowest BCUT2D eigenvalue weighted by Crippen LogP contribution is -2.36. The summed E-state index contributed by atoms with van der Waals surface area (Å²) in [5.74, 6) is 1.59. The Morgan fingerprint density at radius 3 is 2.29 bits per heavy atom. The van der Waals surface area contributed by atoms with Crippen LogP contribution in [-0.2, 0) is 13.1 Å². The number of hydrogen-bond acceptors (Lipinski definition) is 4. The number of guanidine groups is 1. The highest BCUT2D eigenvalue weighted by molar-refractivity contribution is 5.79. The van der Waals surface area contributed by atoms with E-state index in [9.17, 15) is 13.2 Å². The molecule has 0 spiro atoms. The van der Waals surface area contributed by atoms with Crippen molar-refractivity contribution in [3.05, 3.63) is 59.7 Å². The molecule has 0 unspecified atom stereocenters. The van der Waals surface area contributed by atoms with Crippen molar-refractivity contribution in [2.45, 2.75) is 19.3 Å². The van der Waals surface area contributed by atoms with Gasteiger partial charge >= 0.3 is 6.18 Å². The third-order valence-electron chi connectivity index (χ3n) is 4.22. The van der Waals surface area contributed by atoms with E-state index in [-0.39, 0.29) is 5.75 Å². The summed E-state index contributed by atoms with van der Waals surface area (Å²) in [6, 6.07) is 14.3. The molecule has 2 N–H and O–H groups in total. The summed E-state index contributed by atoms with van der Waals surface area (Å²) in [6.07, 6.45) is -4.35. The normalized spacial score (nSPS) is 12.0. The van der Waals surface area contributed by atoms with Gasteiger partial charge in [-0.3, -0.25) is 4.99 Å². The molecule has 0 aromatic heterocycles. The van der Waals surface area contributed by atoms with Crippen LogP contribution in [0, 0.1) is 0 Å². The molecule has 2 aromatic carbocycles. The number of likely N-dealkylation sites (N-methyl/N-ethyl adjacent to an activating group) is 1. The van der Waals surface area contributed by atoms with Gasteiger partial charge in [0, 0.05) is 32.2 Å². The highest BCUT2D eigenvalue weighted by Gasteiger charge is 2.28. The molecule has 2 rings (SSSR count). The van der Waals surface area contributed by atoms with Gasteiger partial charge in [-0.1, -0.05) is 30.3 Å². The van der Waals surface area contributed by atoms with E-state index in [1.54, 1.807) is 19.2 Å². The Labute approximate surface area is 181 Å². The first-order chi connectivity index (χ1) is 14.8. The Morgan fingerprint density at radius 2 is 1.65 bits per heavy atom. The lowest BCUT2D eigenvalue weighted by atomic mass is 10.2. The van der Waals surface area contributed by atoms with E-state index in [2.05, 4.69) is 20.5 Å².